The average molecular weight is 438 g/mol. The molecule has 3 heterocycles. The van der Waals surface area contributed by atoms with Crippen LogP contribution in [-0.4, -0.2) is 60.2 Å². The number of ether oxygens (including phenoxy) is 1. The second kappa shape index (κ2) is 9.71. The Labute approximate surface area is 181 Å². The van der Waals surface area contributed by atoms with E-state index in [1.807, 2.05) is 6.92 Å². The number of likely N-dealkylation sites (tertiary alicyclic amines) is 1. The SMILES string of the molecule is Cc1oc(-c2ccc(C(F)(F)F)cc2)nc1CN1CCCCC1CCN1CCOCC1. The average Bonchev–Trinajstić information content (AvgIpc) is 3.13. The Bertz CT molecular complexity index is 845. The van der Waals surface area contributed by atoms with Gasteiger partial charge in [-0.3, -0.25) is 9.80 Å². The number of nitrogens with zero attached hydrogens (tertiary/aromatic N) is 3. The molecule has 4 rings (SSSR count). The van der Waals surface area contributed by atoms with Gasteiger partial charge in [0.25, 0.3) is 0 Å². The second-order valence-electron chi connectivity index (χ2n) is 8.46. The van der Waals surface area contributed by atoms with Crippen molar-refractivity contribution in [3.63, 3.8) is 0 Å². The van der Waals surface area contributed by atoms with Crippen molar-refractivity contribution >= 4 is 0 Å². The van der Waals surface area contributed by atoms with Gasteiger partial charge in [-0.05, 0) is 63.5 Å². The van der Waals surface area contributed by atoms with Crippen LogP contribution in [0.3, 0.4) is 0 Å². The highest BCUT2D eigenvalue weighted by Gasteiger charge is 2.30. The number of aryl methyl sites for hydroxylation is 1. The Hall–Kier alpha value is -1.90. The van der Waals surface area contributed by atoms with E-state index in [1.165, 1.54) is 31.4 Å². The maximum atomic E-state index is 12.8. The van der Waals surface area contributed by atoms with Gasteiger partial charge >= 0.3 is 6.18 Å². The molecule has 0 aliphatic carbocycles. The van der Waals surface area contributed by atoms with Crippen molar-refractivity contribution in [1.29, 1.82) is 0 Å². The number of benzene rings is 1. The summed E-state index contributed by atoms with van der Waals surface area (Å²) >= 11 is 0. The summed E-state index contributed by atoms with van der Waals surface area (Å²) in [5, 5.41) is 0. The molecular formula is C23H30F3N3O2. The first-order valence-electron chi connectivity index (χ1n) is 11.1. The van der Waals surface area contributed by atoms with E-state index < -0.39 is 11.7 Å². The van der Waals surface area contributed by atoms with Crippen LogP contribution in [0.1, 0.15) is 42.7 Å². The predicted octanol–water partition coefficient (Wildman–Crippen LogP) is 4.75. The summed E-state index contributed by atoms with van der Waals surface area (Å²) in [6.45, 7) is 8.36. The van der Waals surface area contributed by atoms with Gasteiger partial charge in [0.05, 0.1) is 24.5 Å². The van der Waals surface area contributed by atoms with E-state index in [-0.39, 0.29) is 0 Å². The summed E-state index contributed by atoms with van der Waals surface area (Å²) in [7, 11) is 0. The normalized spacial score (nSPS) is 21.5. The van der Waals surface area contributed by atoms with Crippen LogP contribution in [0.5, 0.6) is 0 Å². The molecule has 2 aliphatic heterocycles. The molecule has 1 aromatic carbocycles. The van der Waals surface area contributed by atoms with Crippen LogP contribution in [0.4, 0.5) is 13.2 Å². The maximum absolute atomic E-state index is 12.8. The van der Waals surface area contributed by atoms with Gasteiger partial charge in [0.15, 0.2) is 0 Å². The molecule has 1 unspecified atom stereocenters. The van der Waals surface area contributed by atoms with E-state index in [9.17, 15) is 13.2 Å². The molecule has 170 valence electrons. The molecule has 0 amide bonds. The first-order valence-corrected chi connectivity index (χ1v) is 11.1. The highest BCUT2D eigenvalue weighted by molar-refractivity contribution is 5.54. The van der Waals surface area contributed by atoms with Crippen LogP contribution < -0.4 is 0 Å². The molecule has 2 aliphatic rings. The lowest BCUT2D eigenvalue weighted by Crippen LogP contribution is -2.43. The summed E-state index contributed by atoms with van der Waals surface area (Å²) in [5.74, 6) is 1.11. The minimum absolute atomic E-state index is 0.378. The Morgan fingerprint density at radius 2 is 1.81 bits per heavy atom. The van der Waals surface area contributed by atoms with Crippen molar-refractivity contribution in [1.82, 2.24) is 14.8 Å². The molecule has 0 radical (unpaired) electrons. The van der Waals surface area contributed by atoms with Crippen LogP contribution in [0, 0.1) is 6.92 Å². The zero-order valence-corrected chi connectivity index (χ0v) is 18.0. The smallest absolute Gasteiger partial charge is 0.416 e. The second-order valence-corrected chi connectivity index (χ2v) is 8.46. The number of alkyl halides is 3. The van der Waals surface area contributed by atoms with Crippen molar-refractivity contribution in [2.75, 3.05) is 39.4 Å². The number of hydrogen-bond donors (Lipinski definition) is 0. The van der Waals surface area contributed by atoms with Crippen LogP contribution in [0.25, 0.3) is 11.5 Å². The van der Waals surface area contributed by atoms with Crippen LogP contribution in [0.2, 0.25) is 0 Å². The summed E-state index contributed by atoms with van der Waals surface area (Å²) < 4.78 is 49.7. The molecule has 8 heteroatoms. The molecule has 1 atom stereocenters. The monoisotopic (exact) mass is 437 g/mol. The fourth-order valence-corrected chi connectivity index (χ4v) is 4.44. The van der Waals surface area contributed by atoms with Crippen molar-refractivity contribution in [3.05, 3.63) is 41.3 Å². The molecule has 0 spiro atoms. The molecular weight excluding hydrogens is 407 g/mol. The lowest BCUT2D eigenvalue weighted by molar-refractivity contribution is -0.137. The Balaban J connectivity index is 1.41. The predicted molar refractivity (Wildman–Crippen MR) is 112 cm³/mol. The van der Waals surface area contributed by atoms with Crippen molar-refractivity contribution in [2.24, 2.45) is 0 Å². The third kappa shape index (κ3) is 5.67. The molecule has 2 saturated heterocycles. The minimum Gasteiger partial charge on any atom is -0.441 e. The number of halogens is 3. The number of morpholine rings is 1. The molecule has 1 aromatic heterocycles. The Morgan fingerprint density at radius 1 is 1.06 bits per heavy atom. The van der Waals surface area contributed by atoms with Crippen LogP contribution in [0.15, 0.2) is 28.7 Å². The van der Waals surface area contributed by atoms with Crippen LogP contribution in [-0.2, 0) is 17.5 Å². The van der Waals surface area contributed by atoms with Crippen LogP contribution >= 0.6 is 0 Å². The summed E-state index contributed by atoms with van der Waals surface area (Å²) in [4.78, 5) is 9.60. The fourth-order valence-electron chi connectivity index (χ4n) is 4.44. The third-order valence-corrected chi connectivity index (χ3v) is 6.34. The van der Waals surface area contributed by atoms with Gasteiger partial charge < -0.3 is 9.15 Å². The summed E-state index contributed by atoms with van der Waals surface area (Å²) in [5.41, 5.74) is 0.759. The molecule has 2 aromatic rings. The molecule has 2 fully saturated rings. The highest BCUT2D eigenvalue weighted by atomic mass is 19.4. The third-order valence-electron chi connectivity index (χ3n) is 6.34. The van der Waals surface area contributed by atoms with Gasteiger partial charge in [-0.2, -0.15) is 13.2 Å². The molecule has 0 saturated carbocycles. The topological polar surface area (TPSA) is 41.7 Å². The van der Waals surface area contributed by atoms with E-state index in [1.54, 1.807) is 0 Å². The number of aromatic nitrogens is 1. The standard InChI is InChI=1S/C23H30F3N3O2/c1-17-21(27-22(31-17)18-5-7-19(8-6-18)23(24,25)26)16-29-10-3-2-4-20(29)9-11-28-12-14-30-15-13-28/h5-8,20H,2-4,9-16H2,1H3. The van der Waals surface area contributed by atoms with E-state index in [2.05, 4.69) is 14.8 Å². The maximum Gasteiger partial charge on any atom is 0.416 e. The van der Waals surface area contributed by atoms with Gasteiger partial charge in [0.2, 0.25) is 5.89 Å². The van der Waals surface area contributed by atoms with Gasteiger partial charge in [-0.25, -0.2) is 4.98 Å². The summed E-state index contributed by atoms with van der Waals surface area (Å²) in [6, 6.07) is 5.50. The molecule has 5 nitrogen and oxygen atoms in total. The summed E-state index contributed by atoms with van der Waals surface area (Å²) in [6.07, 6.45) is 0.395. The van der Waals surface area contributed by atoms with Gasteiger partial charge in [0.1, 0.15) is 5.76 Å². The van der Waals surface area contributed by atoms with E-state index in [4.69, 9.17) is 9.15 Å². The quantitative estimate of drug-likeness (QED) is 0.653. The van der Waals surface area contributed by atoms with Crippen molar-refractivity contribution < 1.29 is 22.3 Å². The molecule has 0 N–H and O–H groups in total. The number of hydrogen-bond acceptors (Lipinski definition) is 5. The number of rotatable bonds is 6. The van der Waals surface area contributed by atoms with Gasteiger partial charge in [-0.15, -0.1) is 0 Å². The first-order chi connectivity index (χ1) is 14.9. The van der Waals surface area contributed by atoms with E-state index >= 15 is 0 Å². The molecule has 31 heavy (non-hydrogen) atoms. The lowest BCUT2D eigenvalue weighted by atomic mass is 9.98. The number of piperidine rings is 1. The van der Waals surface area contributed by atoms with Gasteiger partial charge in [0, 0.05) is 31.2 Å². The zero-order valence-electron chi connectivity index (χ0n) is 18.0. The molecule has 0 bridgehead atoms. The van der Waals surface area contributed by atoms with E-state index in [0.29, 0.717) is 24.0 Å². The Morgan fingerprint density at radius 3 is 2.52 bits per heavy atom. The van der Waals surface area contributed by atoms with Crippen molar-refractivity contribution in [2.45, 2.75) is 51.4 Å². The van der Waals surface area contributed by atoms with Crippen molar-refractivity contribution in [3.8, 4) is 11.5 Å². The van der Waals surface area contributed by atoms with E-state index in [0.717, 1.165) is 69.4 Å². The number of oxazole rings is 1. The zero-order chi connectivity index (χ0) is 21.8. The Kier molecular flexibility index (Phi) is 6.99. The van der Waals surface area contributed by atoms with Gasteiger partial charge in [-0.1, -0.05) is 6.42 Å². The lowest BCUT2D eigenvalue weighted by Gasteiger charge is -2.37. The highest BCUT2D eigenvalue weighted by Crippen LogP contribution is 2.31. The largest absolute Gasteiger partial charge is 0.441 e. The first kappa shape index (κ1) is 22.3. The minimum atomic E-state index is -4.35. The fraction of sp³-hybridized carbons (Fsp3) is 0.609.